The summed E-state index contributed by atoms with van der Waals surface area (Å²) in [6.45, 7) is 3.88. The van der Waals surface area contributed by atoms with Crippen molar-refractivity contribution in [3.63, 3.8) is 0 Å². The molecule has 0 spiro atoms. The van der Waals surface area contributed by atoms with Crippen LogP contribution in [0.5, 0.6) is 0 Å². The molecule has 1 N–H and O–H groups in total. The molecule has 0 saturated heterocycles. The van der Waals surface area contributed by atoms with E-state index < -0.39 is 11.4 Å². The fourth-order valence-electron chi connectivity index (χ4n) is 2.46. The number of benzene rings is 1. The highest BCUT2D eigenvalue weighted by Gasteiger charge is 2.38. The van der Waals surface area contributed by atoms with Gasteiger partial charge in [-0.05, 0) is 44.2 Å². The fourth-order valence-corrected chi connectivity index (χ4v) is 2.46. The number of carboxylic acids is 1. The maximum atomic E-state index is 11.3. The summed E-state index contributed by atoms with van der Waals surface area (Å²) in [6.07, 6.45) is 2.73. The van der Waals surface area contributed by atoms with Gasteiger partial charge in [0.25, 0.3) is 0 Å². The molecule has 2 rings (SSSR count). The predicted octanol–water partition coefficient (Wildman–Crippen LogP) is 2.67. The largest absolute Gasteiger partial charge is 0.481 e. The van der Waals surface area contributed by atoms with E-state index in [1.54, 1.807) is 0 Å². The smallest absolute Gasteiger partial charge is 0.313 e. The molecular formula is C13H16O2. The summed E-state index contributed by atoms with van der Waals surface area (Å²) < 4.78 is 0. The van der Waals surface area contributed by atoms with Gasteiger partial charge in [-0.3, -0.25) is 4.79 Å². The van der Waals surface area contributed by atoms with Crippen LogP contribution in [0, 0.1) is 6.92 Å². The van der Waals surface area contributed by atoms with Crippen molar-refractivity contribution in [1.82, 2.24) is 0 Å². The first kappa shape index (κ1) is 10.2. The lowest BCUT2D eigenvalue weighted by Gasteiger charge is -2.32. The predicted molar refractivity (Wildman–Crippen MR) is 59.1 cm³/mol. The molecule has 1 aromatic carbocycles. The fraction of sp³-hybridized carbons (Fsp3) is 0.462. The second-order valence-corrected chi connectivity index (χ2v) is 4.65. The minimum atomic E-state index is -0.702. The third kappa shape index (κ3) is 1.54. The quantitative estimate of drug-likeness (QED) is 0.763. The van der Waals surface area contributed by atoms with Crippen LogP contribution >= 0.6 is 0 Å². The Morgan fingerprint density at radius 1 is 1.47 bits per heavy atom. The SMILES string of the molecule is Cc1ccc2c(c1)CCCC2(C)C(=O)O. The van der Waals surface area contributed by atoms with E-state index in [4.69, 9.17) is 0 Å². The number of hydrogen-bond donors (Lipinski definition) is 1. The molecule has 1 aliphatic carbocycles. The Morgan fingerprint density at radius 3 is 2.87 bits per heavy atom. The van der Waals surface area contributed by atoms with E-state index in [0.717, 1.165) is 24.8 Å². The molecule has 2 heteroatoms. The van der Waals surface area contributed by atoms with E-state index in [9.17, 15) is 9.90 Å². The second-order valence-electron chi connectivity index (χ2n) is 4.65. The molecule has 80 valence electrons. The zero-order chi connectivity index (χ0) is 11.1. The van der Waals surface area contributed by atoms with Crippen molar-refractivity contribution in [2.45, 2.75) is 38.5 Å². The Labute approximate surface area is 89.9 Å². The standard InChI is InChI=1S/C13H16O2/c1-9-5-6-11-10(8-9)4-3-7-13(11,2)12(14)15/h5-6,8H,3-4,7H2,1-2H3,(H,14,15). The van der Waals surface area contributed by atoms with Crippen LogP contribution in [0.15, 0.2) is 18.2 Å². The van der Waals surface area contributed by atoms with Crippen molar-refractivity contribution in [2.75, 3.05) is 0 Å². The molecule has 0 bridgehead atoms. The molecule has 0 aromatic heterocycles. The lowest BCUT2D eigenvalue weighted by molar-refractivity contribution is -0.143. The molecule has 0 saturated carbocycles. The molecule has 0 aliphatic heterocycles. The summed E-state index contributed by atoms with van der Waals surface area (Å²) in [5.74, 6) is -0.702. The Morgan fingerprint density at radius 2 is 2.20 bits per heavy atom. The Hall–Kier alpha value is -1.31. The van der Waals surface area contributed by atoms with Gasteiger partial charge in [0.1, 0.15) is 0 Å². The Balaban J connectivity index is 2.56. The number of carboxylic acid groups (broad SMARTS) is 1. The monoisotopic (exact) mass is 204 g/mol. The van der Waals surface area contributed by atoms with Gasteiger partial charge in [0.15, 0.2) is 0 Å². The van der Waals surface area contributed by atoms with Crippen LogP contribution in [0.1, 0.15) is 36.5 Å². The van der Waals surface area contributed by atoms with Crippen molar-refractivity contribution in [1.29, 1.82) is 0 Å². The first-order valence-corrected chi connectivity index (χ1v) is 5.37. The number of fused-ring (bicyclic) bond motifs is 1. The summed E-state index contributed by atoms with van der Waals surface area (Å²) >= 11 is 0. The van der Waals surface area contributed by atoms with Gasteiger partial charge in [-0.25, -0.2) is 0 Å². The van der Waals surface area contributed by atoms with Gasteiger partial charge in [0.05, 0.1) is 5.41 Å². The van der Waals surface area contributed by atoms with E-state index >= 15 is 0 Å². The number of rotatable bonds is 1. The average Bonchev–Trinajstić information content (AvgIpc) is 2.17. The normalized spacial score (nSPS) is 24.7. The van der Waals surface area contributed by atoms with E-state index in [0.29, 0.717) is 0 Å². The number of carbonyl (C=O) groups is 1. The van der Waals surface area contributed by atoms with Crippen LogP contribution in [0.2, 0.25) is 0 Å². The minimum Gasteiger partial charge on any atom is -0.481 e. The maximum absolute atomic E-state index is 11.3. The highest BCUT2D eigenvalue weighted by atomic mass is 16.4. The van der Waals surface area contributed by atoms with Crippen LogP contribution < -0.4 is 0 Å². The zero-order valence-electron chi connectivity index (χ0n) is 9.21. The van der Waals surface area contributed by atoms with Crippen molar-refractivity contribution in [3.8, 4) is 0 Å². The summed E-state index contributed by atoms with van der Waals surface area (Å²) in [5, 5.41) is 9.31. The van der Waals surface area contributed by atoms with Crippen molar-refractivity contribution < 1.29 is 9.90 Å². The summed E-state index contributed by atoms with van der Waals surface area (Å²) in [6, 6.07) is 6.11. The van der Waals surface area contributed by atoms with Gasteiger partial charge >= 0.3 is 5.97 Å². The molecule has 1 aromatic rings. The molecule has 0 heterocycles. The van der Waals surface area contributed by atoms with E-state index in [1.165, 1.54) is 11.1 Å². The van der Waals surface area contributed by atoms with Gasteiger partial charge in [0.2, 0.25) is 0 Å². The number of hydrogen-bond acceptors (Lipinski definition) is 1. The van der Waals surface area contributed by atoms with E-state index in [1.807, 2.05) is 26.0 Å². The van der Waals surface area contributed by atoms with Gasteiger partial charge in [-0.1, -0.05) is 23.8 Å². The first-order valence-electron chi connectivity index (χ1n) is 5.37. The van der Waals surface area contributed by atoms with Gasteiger partial charge < -0.3 is 5.11 Å². The molecule has 0 radical (unpaired) electrons. The summed E-state index contributed by atoms with van der Waals surface area (Å²) in [4.78, 5) is 11.3. The van der Waals surface area contributed by atoms with Gasteiger partial charge in [0, 0.05) is 0 Å². The third-order valence-electron chi connectivity index (χ3n) is 3.45. The second kappa shape index (κ2) is 3.37. The highest BCUT2D eigenvalue weighted by Crippen LogP contribution is 2.37. The topological polar surface area (TPSA) is 37.3 Å². The molecule has 0 fully saturated rings. The van der Waals surface area contributed by atoms with Gasteiger partial charge in [-0.15, -0.1) is 0 Å². The zero-order valence-corrected chi connectivity index (χ0v) is 9.21. The average molecular weight is 204 g/mol. The number of aryl methyl sites for hydroxylation is 2. The molecule has 1 aliphatic rings. The Kier molecular flexibility index (Phi) is 2.29. The molecule has 1 atom stereocenters. The molecule has 1 unspecified atom stereocenters. The maximum Gasteiger partial charge on any atom is 0.313 e. The summed E-state index contributed by atoms with van der Waals surface area (Å²) in [5.41, 5.74) is 2.75. The lowest BCUT2D eigenvalue weighted by atomic mass is 9.71. The van der Waals surface area contributed by atoms with Crippen LogP contribution in [-0.2, 0) is 16.6 Å². The lowest BCUT2D eigenvalue weighted by Crippen LogP contribution is -2.36. The third-order valence-corrected chi connectivity index (χ3v) is 3.45. The number of aliphatic carboxylic acids is 1. The van der Waals surface area contributed by atoms with Crippen LogP contribution in [-0.4, -0.2) is 11.1 Å². The summed E-state index contributed by atoms with van der Waals surface area (Å²) in [7, 11) is 0. The molecule has 0 amide bonds. The van der Waals surface area contributed by atoms with Crippen molar-refractivity contribution in [3.05, 3.63) is 34.9 Å². The highest BCUT2D eigenvalue weighted by molar-refractivity contribution is 5.81. The van der Waals surface area contributed by atoms with Crippen LogP contribution in [0.3, 0.4) is 0 Å². The van der Waals surface area contributed by atoms with Crippen molar-refractivity contribution in [2.24, 2.45) is 0 Å². The minimum absolute atomic E-state index is 0.679. The molecule has 2 nitrogen and oxygen atoms in total. The van der Waals surface area contributed by atoms with Crippen LogP contribution in [0.4, 0.5) is 0 Å². The van der Waals surface area contributed by atoms with Crippen LogP contribution in [0.25, 0.3) is 0 Å². The van der Waals surface area contributed by atoms with E-state index in [2.05, 4.69) is 6.07 Å². The van der Waals surface area contributed by atoms with E-state index in [-0.39, 0.29) is 0 Å². The Bertz CT molecular complexity index is 409. The molecule has 15 heavy (non-hydrogen) atoms. The molecular weight excluding hydrogens is 188 g/mol. The first-order chi connectivity index (χ1) is 7.04. The van der Waals surface area contributed by atoms with Gasteiger partial charge in [-0.2, -0.15) is 0 Å². The van der Waals surface area contributed by atoms with Crippen molar-refractivity contribution >= 4 is 5.97 Å².